The predicted molar refractivity (Wildman–Crippen MR) is 109 cm³/mol. The van der Waals surface area contributed by atoms with Gasteiger partial charge in [-0.3, -0.25) is 4.72 Å². The zero-order valence-corrected chi connectivity index (χ0v) is 18.0. The standard InChI is InChI=1S/C20H43N2S/c1-10-15-22(11-2,12-3)16-13-14-18(4)21-23-20(8,9)17-19(5,6)7/h10,18,21H,1,11-17H2,2-9H3/q+1. The van der Waals surface area contributed by atoms with Crippen molar-refractivity contribution in [1.82, 2.24) is 4.72 Å². The summed E-state index contributed by atoms with van der Waals surface area (Å²) in [4.78, 5) is 0. The van der Waals surface area contributed by atoms with Gasteiger partial charge in [0, 0.05) is 10.8 Å². The molecule has 1 unspecified atom stereocenters. The van der Waals surface area contributed by atoms with Gasteiger partial charge in [0.25, 0.3) is 0 Å². The maximum absolute atomic E-state index is 3.94. The highest BCUT2D eigenvalue weighted by molar-refractivity contribution is 7.98. The molecule has 0 spiro atoms. The number of likely N-dealkylation sites (N-methyl/N-ethyl adjacent to an activating group) is 1. The van der Waals surface area contributed by atoms with Crippen molar-refractivity contribution in [3.63, 3.8) is 0 Å². The molecular weight excluding hydrogens is 300 g/mol. The molecule has 0 amide bonds. The van der Waals surface area contributed by atoms with Crippen LogP contribution in [0.25, 0.3) is 0 Å². The monoisotopic (exact) mass is 343 g/mol. The molecule has 0 saturated heterocycles. The first-order valence-electron chi connectivity index (χ1n) is 9.39. The Morgan fingerprint density at radius 3 is 2.13 bits per heavy atom. The summed E-state index contributed by atoms with van der Waals surface area (Å²) < 4.78 is 5.15. The van der Waals surface area contributed by atoms with Gasteiger partial charge in [0.05, 0.1) is 26.2 Å². The van der Waals surface area contributed by atoms with Crippen LogP contribution in [-0.4, -0.2) is 41.5 Å². The molecule has 0 fully saturated rings. The summed E-state index contributed by atoms with van der Waals surface area (Å²) >= 11 is 1.92. The van der Waals surface area contributed by atoms with Crippen LogP contribution in [-0.2, 0) is 0 Å². The van der Waals surface area contributed by atoms with Gasteiger partial charge in [-0.2, -0.15) is 0 Å². The smallest absolute Gasteiger partial charge is 0.0970 e. The lowest BCUT2D eigenvalue weighted by atomic mass is 9.86. The molecule has 0 bridgehead atoms. The van der Waals surface area contributed by atoms with Gasteiger partial charge in [-0.05, 0) is 65.4 Å². The predicted octanol–water partition coefficient (Wildman–Crippen LogP) is 5.65. The first kappa shape index (κ1) is 23.0. The van der Waals surface area contributed by atoms with Crippen LogP contribution in [0.15, 0.2) is 12.7 Å². The van der Waals surface area contributed by atoms with E-state index in [0.717, 1.165) is 6.54 Å². The van der Waals surface area contributed by atoms with Gasteiger partial charge in [0.1, 0.15) is 0 Å². The van der Waals surface area contributed by atoms with E-state index in [2.05, 4.69) is 72.8 Å². The molecule has 23 heavy (non-hydrogen) atoms. The zero-order chi connectivity index (χ0) is 18.1. The van der Waals surface area contributed by atoms with E-state index in [-0.39, 0.29) is 4.75 Å². The Bertz CT molecular complexity index is 327. The van der Waals surface area contributed by atoms with Crippen molar-refractivity contribution in [3.05, 3.63) is 12.7 Å². The molecule has 0 aromatic rings. The third kappa shape index (κ3) is 10.5. The minimum Gasteiger partial charge on any atom is -0.321 e. The fourth-order valence-electron chi connectivity index (χ4n) is 3.53. The Morgan fingerprint density at radius 2 is 1.70 bits per heavy atom. The first-order valence-corrected chi connectivity index (χ1v) is 10.2. The number of rotatable bonds is 12. The van der Waals surface area contributed by atoms with E-state index >= 15 is 0 Å². The quantitative estimate of drug-likeness (QED) is 0.279. The third-order valence-electron chi connectivity index (χ3n) is 4.62. The summed E-state index contributed by atoms with van der Waals surface area (Å²) in [5.41, 5.74) is 0.380. The van der Waals surface area contributed by atoms with E-state index in [1.54, 1.807) is 0 Å². The van der Waals surface area contributed by atoms with Crippen molar-refractivity contribution in [1.29, 1.82) is 0 Å². The largest absolute Gasteiger partial charge is 0.321 e. The molecule has 0 rings (SSSR count). The lowest BCUT2D eigenvalue weighted by Crippen LogP contribution is -2.48. The second-order valence-electron chi connectivity index (χ2n) is 8.93. The fourth-order valence-corrected chi connectivity index (χ4v) is 4.67. The normalized spacial score (nSPS) is 14.8. The van der Waals surface area contributed by atoms with Crippen LogP contribution in [0.4, 0.5) is 0 Å². The van der Waals surface area contributed by atoms with Gasteiger partial charge in [-0.25, -0.2) is 0 Å². The van der Waals surface area contributed by atoms with Crippen LogP contribution in [0.3, 0.4) is 0 Å². The van der Waals surface area contributed by atoms with Gasteiger partial charge in [-0.1, -0.05) is 39.3 Å². The molecule has 0 radical (unpaired) electrons. The highest BCUT2D eigenvalue weighted by atomic mass is 32.2. The SMILES string of the molecule is C=CC[N+](CC)(CC)CCCC(C)NSC(C)(C)CC(C)(C)C. The van der Waals surface area contributed by atoms with Crippen molar-refractivity contribution < 1.29 is 4.48 Å². The average Bonchev–Trinajstić information content (AvgIpc) is 2.42. The molecule has 0 aliphatic heterocycles. The fraction of sp³-hybridized carbons (Fsp3) is 0.900. The van der Waals surface area contributed by atoms with Crippen LogP contribution >= 0.6 is 11.9 Å². The van der Waals surface area contributed by atoms with Gasteiger partial charge >= 0.3 is 0 Å². The first-order chi connectivity index (χ1) is 10.5. The second kappa shape index (κ2) is 10.1. The molecule has 0 heterocycles. The van der Waals surface area contributed by atoms with Gasteiger partial charge in [0.15, 0.2) is 0 Å². The minimum absolute atomic E-state index is 0.280. The Balaban J connectivity index is 4.21. The molecule has 2 nitrogen and oxygen atoms in total. The maximum atomic E-state index is 3.94. The van der Waals surface area contributed by atoms with E-state index in [0.29, 0.717) is 11.5 Å². The average molecular weight is 344 g/mol. The Morgan fingerprint density at radius 1 is 1.13 bits per heavy atom. The van der Waals surface area contributed by atoms with Crippen molar-refractivity contribution in [2.75, 3.05) is 26.2 Å². The molecule has 0 saturated carbocycles. The van der Waals surface area contributed by atoms with Crippen LogP contribution in [0, 0.1) is 5.41 Å². The van der Waals surface area contributed by atoms with Crippen molar-refractivity contribution >= 4 is 11.9 Å². The molecule has 0 aliphatic carbocycles. The summed E-state index contributed by atoms with van der Waals surface area (Å²) in [7, 11) is 0. The Labute approximate surface area is 151 Å². The number of nitrogens with one attached hydrogen (secondary N) is 1. The van der Waals surface area contributed by atoms with Crippen LogP contribution < -0.4 is 4.72 Å². The molecule has 1 N–H and O–H groups in total. The maximum Gasteiger partial charge on any atom is 0.0970 e. The van der Waals surface area contributed by atoms with Crippen molar-refractivity contribution in [2.45, 2.75) is 85.4 Å². The van der Waals surface area contributed by atoms with Crippen LogP contribution in [0.1, 0.15) is 74.7 Å². The van der Waals surface area contributed by atoms with Gasteiger partial charge < -0.3 is 4.48 Å². The van der Waals surface area contributed by atoms with Gasteiger partial charge in [0.2, 0.25) is 0 Å². The minimum atomic E-state index is 0.280. The van der Waals surface area contributed by atoms with Crippen LogP contribution in [0.2, 0.25) is 0 Å². The lowest BCUT2D eigenvalue weighted by molar-refractivity contribution is -0.919. The van der Waals surface area contributed by atoms with E-state index < -0.39 is 0 Å². The summed E-state index contributed by atoms with van der Waals surface area (Å²) in [6, 6.07) is 0.568. The highest BCUT2D eigenvalue weighted by Crippen LogP contribution is 2.35. The second-order valence-corrected chi connectivity index (χ2v) is 10.5. The number of quaternary nitrogens is 1. The molecule has 1 atom stereocenters. The molecule has 0 aromatic carbocycles. The van der Waals surface area contributed by atoms with Crippen LogP contribution in [0.5, 0.6) is 0 Å². The third-order valence-corrected chi connectivity index (χ3v) is 5.84. The van der Waals surface area contributed by atoms with E-state index in [4.69, 9.17) is 0 Å². The number of hydrogen-bond donors (Lipinski definition) is 1. The molecule has 138 valence electrons. The Kier molecular flexibility index (Phi) is 10.1. The van der Waals surface area contributed by atoms with E-state index in [1.165, 1.54) is 43.4 Å². The molecule has 3 heteroatoms. The molecule has 0 aliphatic rings. The lowest BCUT2D eigenvalue weighted by Gasteiger charge is -2.36. The summed E-state index contributed by atoms with van der Waals surface area (Å²) in [5, 5.41) is 0. The zero-order valence-electron chi connectivity index (χ0n) is 17.2. The number of nitrogens with zero attached hydrogens (tertiary/aromatic N) is 1. The van der Waals surface area contributed by atoms with Crippen molar-refractivity contribution in [2.24, 2.45) is 5.41 Å². The topological polar surface area (TPSA) is 12.0 Å². The van der Waals surface area contributed by atoms with E-state index in [9.17, 15) is 0 Å². The molecule has 0 aromatic heterocycles. The van der Waals surface area contributed by atoms with Crippen molar-refractivity contribution in [3.8, 4) is 0 Å². The van der Waals surface area contributed by atoms with E-state index in [1.807, 2.05) is 11.9 Å². The summed E-state index contributed by atoms with van der Waals surface area (Å²) in [5.74, 6) is 0. The summed E-state index contributed by atoms with van der Waals surface area (Å²) in [6.07, 6.45) is 5.83. The molecular formula is C20H43N2S+. The highest BCUT2D eigenvalue weighted by Gasteiger charge is 2.27. The number of hydrogen-bond acceptors (Lipinski definition) is 2. The van der Waals surface area contributed by atoms with Gasteiger partial charge in [-0.15, -0.1) is 0 Å². The Hall–Kier alpha value is 0.0100. The summed E-state index contributed by atoms with van der Waals surface area (Å²) in [6.45, 7) is 27.3.